The van der Waals surface area contributed by atoms with Gasteiger partial charge in [-0.15, -0.1) is 0 Å². The Balaban J connectivity index is -0.000000163. The van der Waals surface area contributed by atoms with Crippen LogP contribution in [-0.4, -0.2) is 48.4 Å². The van der Waals surface area contributed by atoms with E-state index in [2.05, 4.69) is 5.43 Å². The molecule has 0 aliphatic carbocycles. The van der Waals surface area contributed by atoms with Crippen molar-refractivity contribution in [3.63, 3.8) is 0 Å². The van der Waals surface area contributed by atoms with Gasteiger partial charge in [0.25, 0.3) is 0 Å². The fourth-order valence-electron chi connectivity index (χ4n) is 0.852. The zero-order valence-electron chi connectivity index (χ0n) is 14.9. The number of carbonyl (C=O) groups excluding carboxylic acids is 1. The van der Waals surface area contributed by atoms with E-state index in [0.717, 1.165) is 0 Å². The maximum Gasteiger partial charge on any atom is 0.234 e. The maximum absolute atomic E-state index is 10.9. The van der Waals surface area contributed by atoms with Crippen molar-refractivity contribution in [2.45, 2.75) is 61.6 Å². The van der Waals surface area contributed by atoms with Crippen LogP contribution >= 0.6 is 0 Å². The number of hydrazine groups is 3. The number of nitrogens with one attached hydrogen (secondary N) is 1. The van der Waals surface area contributed by atoms with Gasteiger partial charge < -0.3 is 0 Å². The zero-order valence-corrected chi connectivity index (χ0v) is 14.9. The topological polar surface area (TPSA) is 64.8 Å². The molecule has 0 heterocycles. The van der Waals surface area contributed by atoms with Gasteiger partial charge in [-0.2, -0.15) is 5.12 Å². The predicted molar refractivity (Wildman–Crippen MR) is 84.8 cm³/mol. The van der Waals surface area contributed by atoms with Crippen LogP contribution in [-0.2, 0) is 4.79 Å². The normalized spacial score (nSPS) is 10.2. The van der Waals surface area contributed by atoms with Gasteiger partial charge in [-0.05, 0) is 6.92 Å². The van der Waals surface area contributed by atoms with Gasteiger partial charge >= 0.3 is 0 Å². The van der Waals surface area contributed by atoms with Crippen molar-refractivity contribution in [2.75, 3.05) is 21.1 Å². The first-order chi connectivity index (χ1) is 8.91. The van der Waals surface area contributed by atoms with E-state index >= 15 is 0 Å². The summed E-state index contributed by atoms with van der Waals surface area (Å²) in [5.74, 6) is 5.38. The summed E-state index contributed by atoms with van der Waals surface area (Å²) >= 11 is 0. The van der Waals surface area contributed by atoms with E-state index in [1.165, 1.54) is 11.9 Å². The van der Waals surface area contributed by atoms with Crippen LogP contribution in [0.15, 0.2) is 0 Å². The standard InChI is InChI=1S/C7H19N5O.3C2H6/c1-6(12(8)7(2)13)10(4)11(5)9-3;3*1-2/h6,9H,8H2,1-5H3;3*1-2H3. The number of amides is 1. The van der Waals surface area contributed by atoms with Gasteiger partial charge in [0.2, 0.25) is 5.91 Å². The third kappa shape index (κ3) is 13.5. The molecule has 0 radical (unpaired) electrons. The molecule has 0 aromatic rings. The van der Waals surface area contributed by atoms with Crippen molar-refractivity contribution in [1.29, 1.82) is 0 Å². The van der Waals surface area contributed by atoms with Crippen molar-refractivity contribution >= 4 is 5.91 Å². The molecular weight excluding hydrogens is 242 g/mol. The Bertz CT molecular complexity index is 178. The van der Waals surface area contributed by atoms with Crippen LogP contribution in [0.1, 0.15) is 55.4 Å². The predicted octanol–water partition coefficient (Wildman–Crippen LogP) is 2.05. The molecule has 120 valence electrons. The minimum Gasteiger partial charge on any atom is -0.274 e. The monoisotopic (exact) mass is 279 g/mol. The number of hydrogen-bond donors (Lipinski definition) is 2. The third-order valence-electron chi connectivity index (χ3n) is 2.10. The summed E-state index contributed by atoms with van der Waals surface area (Å²) in [5, 5.41) is 4.72. The maximum atomic E-state index is 10.9. The summed E-state index contributed by atoms with van der Waals surface area (Å²) in [4.78, 5) is 10.9. The summed E-state index contributed by atoms with van der Waals surface area (Å²) in [6, 6.07) is 0. The Morgan fingerprint density at radius 3 is 1.58 bits per heavy atom. The fraction of sp³-hybridized carbons (Fsp3) is 0.923. The van der Waals surface area contributed by atoms with Crippen molar-refractivity contribution in [2.24, 2.45) is 5.84 Å². The molecule has 0 aromatic heterocycles. The Labute approximate surface area is 120 Å². The van der Waals surface area contributed by atoms with E-state index in [1.807, 2.05) is 62.6 Å². The van der Waals surface area contributed by atoms with Gasteiger partial charge in [-0.3, -0.25) is 9.80 Å². The molecule has 0 spiro atoms. The highest BCUT2D eigenvalue weighted by Gasteiger charge is 2.19. The molecule has 1 unspecified atom stereocenters. The average molecular weight is 279 g/mol. The van der Waals surface area contributed by atoms with Crippen LogP contribution in [0.4, 0.5) is 0 Å². The fourth-order valence-corrected chi connectivity index (χ4v) is 0.852. The Morgan fingerprint density at radius 2 is 1.37 bits per heavy atom. The van der Waals surface area contributed by atoms with Crippen molar-refractivity contribution < 1.29 is 4.79 Å². The zero-order chi connectivity index (χ0) is 16.6. The van der Waals surface area contributed by atoms with E-state index < -0.39 is 0 Å². The lowest BCUT2D eigenvalue weighted by atomic mass is 10.5. The third-order valence-corrected chi connectivity index (χ3v) is 2.10. The SMILES string of the molecule is CC.CC.CC.CNN(C)N(C)C(C)N(N)C(C)=O. The number of rotatable bonds is 4. The van der Waals surface area contributed by atoms with Crippen LogP contribution in [0.2, 0.25) is 0 Å². The first-order valence-electron chi connectivity index (χ1n) is 7.10. The summed E-state index contributed by atoms with van der Waals surface area (Å²) in [6.45, 7) is 15.3. The van der Waals surface area contributed by atoms with E-state index in [0.29, 0.717) is 0 Å². The molecule has 1 amide bonds. The molecule has 1 atom stereocenters. The lowest BCUT2D eigenvalue weighted by Gasteiger charge is -2.36. The molecule has 6 heteroatoms. The van der Waals surface area contributed by atoms with E-state index in [-0.39, 0.29) is 12.1 Å². The van der Waals surface area contributed by atoms with Crippen LogP contribution in [0.5, 0.6) is 0 Å². The number of carbonyl (C=O) groups is 1. The second-order valence-corrected chi connectivity index (χ2v) is 2.88. The van der Waals surface area contributed by atoms with E-state index in [1.54, 1.807) is 17.2 Å². The lowest BCUT2D eigenvalue weighted by molar-refractivity contribution is -0.146. The second-order valence-electron chi connectivity index (χ2n) is 2.88. The molecule has 0 saturated heterocycles. The minimum atomic E-state index is -0.185. The van der Waals surface area contributed by atoms with Crippen LogP contribution in [0, 0.1) is 0 Å². The molecule has 0 aliphatic rings. The Morgan fingerprint density at radius 1 is 1.05 bits per heavy atom. The quantitative estimate of drug-likeness (QED) is 0.357. The highest BCUT2D eigenvalue weighted by molar-refractivity contribution is 5.72. The summed E-state index contributed by atoms with van der Waals surface area (Å²) in [5.41, 5.74) is 2.91. The van der Waals surface area contributed by atoms with E-state index in [4.69, 9.17) is 5.84 Å². The molecule has 0 rings (SSSR count). The van der Waals surface area contributed by atoms with Crippen LogP contribution in [0.3, 0.4) is 0 Å². The van der Waals surface area contributed by atoms with Gasteiger partial charge in [-0.1, -0.05) is 41.5 Å². The van der Waals surface area contributed by atoms with Gasteiger partial charge in [0.15, 0.2) is 0 Å². The van der Waals surface area contributed by atoms with Crippen molar-refractivity contribution in [3.05, 3.63) is 0 Å². The molecule has 0 aromatic carbocycles. The summed E-state index contributed by atoms with van der Waals surface area (Å²) in [7, 11) is 5.46. The molecule has 0 aliphatic heterocycles. The molecule has 0 bridgehead atoms. The molecule has 0 saturated carbocycles. The summed E-state index contributed by atoms with van der Waals surface area (Å²) < 4.78 is 0. The highest BCUT2D eigenvalue weighted by atomic mass is 16.2. The summed E-state index contributed by atoms with van der Waals surface area (Å²) in [6.07, 6.45) is -0.185. The van der Waals surface area contributed by atoms with Gasteiger partial charge in [0.1, 0.15) is 6.17 Å². The van der Waals surface area contributed by atoms with Crippen LogP contribution < -0.4 is 11.3 Å². The van der Waals surface area contributed by atoms with E-state index in [9.17, 15) is 4.79 Å². The number of nitrogens with zero attached hydrogens (tertiary/aromatic N) is 3. The average Bonchev–Trinajstić information content (AvgIpc) is 2.49. The first-order valence-corrected chi connectivity index (χ1v) is 7.10. The lowest BCUT2D eigenvalue weighted by Crippen LogP contribution is -2.58. The number of nitrogens with two attached hydrogens (primary N) is 1. The van der Waals surface area contributed by atoms with Gasteiger partial charge in [0, 0.05) is 28.1 Å². The van der Waals surface area contributed by atoms with Crippen molar-refractivity contribution in [3.8, 4) is 0 Å². The largest absolute Gasteiger partial charge is 0.274 e. The van der Waals surface area contributed by atoms with Gasteiger partial charge in [-0.25, -0.2) is 16.3 Å². The minimum absolute atomic E-state index is 0.163. The molecule has 19 heavy (non-hydrogen) atoms. The molecule has 0 fully saturated rings. The Kier molecular flexibility index (Phi) is 27.7. The number of hydrogen-bond acceptors (Lipinski definition) is 5. The van der Waals surface area contributed by atoms with Gasteiger partial charge in [0.05, 0.1) is 0 Å². The smallest absolute Gasteiger partial charge is 0.234 e. The first kappa shape index (κ1) is 26.8. The van der Waals surface area contributed by atoms with Crippen molar-refractivity contribution in [1.82, 2.24) is 20.6 Å². The Hall–Kier alpha value is -0.690. The van der Waals surface area contributed by atoms with Crippen LogP contribution in [0.25, 0.3) is 0 Å². The molecule has 6 nitrogen and oxygen atoms in total. The molecular formula is C13H37N5O. The highest BCUT2D eigenvalue weighted by Crippen LogP contribution is 1.99. The second kappa shape index (κ2) is 19.6. The molecule has 3 N–H and O–H groups in total.